The van der Waals surface area contributed by atoms with E-state index in [0.717, 1.165) is 49.2 Å². The third-order valence-electron chi connectivity index (χ3n) is 4.97. The molecule has 1 saturated heterocycles. The number of aromatic nitrogens is 1. The van der Waals surface area contributed by atoms with Crippen LogP contribution in [0.4, 0.5) is 0 Å². The zero-order valence-corrected chi connectivity index (χ0v) is 13.9. The minimum atomic E-state index is 0.0976. The van der Waals surface area contributed by atoms with E-state index < -0.39 is 0 Å². The topological polar surface area (TPSA) is 48.7 Å². The highest BCUT2D eigenvalue weighted by atomic mass is 16.3. The Morgan fingerprint density at radius 2 is 1.91 bits per heavy atom. The van der Waals surface area contributed by atoms with Gasteiger partial charge in [-0.15, -0.1) is 0 Å². The molecule has 1 aromatic carbocycles. The molecule has 1 fully saturated rings. The van der Waals surface area contributed by atoms with Crippen LogP contribution in [0.25, 0.3) is 10.9 Å². The first-order valence-corrected chi connectivity index (χ1v) is 8.34. The highest BCUT2D eigenvalue weighted by Crippen LogP contribution is 2.20. The van der Waals surface area contributed by atoms with Gasteiger partial charge in [0, 0.05) is 50.2 Å². The molecule has 0 aliphatic carbocycles. The first-order valence-electron chi connectivity index (χ1n) is 8.34. The maximum Gasteiger partial charge on any atom is 0.270 e. The van der Waals surface area contributed by atoms with Crippen LogP contribution in [0.15, 0.2) is 30.3 Å². The number of hydrogen-bond acceptors (Lipinski definition) is 3. The number of carbonyl (C=O) groups is 1. The molecule has 0 spiro atoms. The maximum absolute atomic E-state index is 12.8. The van der Waals surface area contributed by atoms with Gasteiger partial charge in [0.15, 0.2) is 0 Å². The van der Waals surface area contributed by atoms with Crippen LogP contribution in [0.5, 0.6) is 0 Å². The Hall–Kier alpha value is -1.85. The monoisotopic (exact) mass is 315 g/mol. The van der Waals surface area contributed by atoms with E-state index in [4.69, 9.17) is 0 Å². The van der Waals surface area contributed by atoms with Crippen molar-refractivity contribution in [2.45, 2.75) is 19.4 Å². The summed E-state index contributed by atoms with van der Waals surface area (Å²) in [4.78, 5) is 17.1. The van der Waals surface area contributed by atoms with E-state index >= 15 is 0 Å². The van der Waals surface area contributed by atoms with E-state index in [1.807, 2.05) is 46.8 Å². The van der Waals surface area contributed by atoms with Crippen LogP contribution < -0.4 is 0 Å². The molecule has 1 unspecified atom stereocenters. The van der Waals surface area contributed by atoms with E-state index in [1.165, 1.54) is 0 Å². The molecule has 5 nitrogen and oxygen atoms in total. The first-order chi connectivity index (χ1) is 11.2. The number of amides is 1. The van der Waals surface area contributed by atoms with Gasteiger partial charge in [0.2, 0.25) is 0 Å². The lowest BCUT2D eigenvalue weighted by molar-refractivity contribution is 0.0466. The number of para-hydroxylation sites is 1. The summed E-state index contributed by atoms with van der Waals surface area (Å²) in [6.07, 6.45) is 0.938. The second-order valence-electron chi connectivity index (χ2n) is 6.22. The Bertz CT molecular complexity index is 683. The van der Waals surface area contributed by atoms with Gasteiger partial charge in [-0.2, -0.15) is 0 Å². The van der Waals surface area contributed by atoms with Crippen LogP contribution in [-0.2, 0) is 7.05 Å². The molecular weight excluding hydrogens is 290 g/mol. The Morgan fingerprint density at radius 3 is 2.52 bits per heavy atom. The molecule has 2 heterocycles. The van der Waals surface area contributed by atoms with Crippen molar-refractivity contribution in [3.63, 3.8) is 0 Å². The van der Waals surface area contributed by atoms with Crippen molar-refractivity contribution in [1.29, 1.82) is 0 Å². The first kappa shape index (κ1) is 16.0. The van der Waals surface area contributed by atoms with Gasteiger partial charge >= 0.3 is 0 Å². The molecule has 1 N–H and O–H groups in total. The summed E-state index contributed by atoms with van der Waals surface area (Å²) in [6, 6.07) is 10.3. The highest BCUT2D eigenvalue weighted by Gasteiger charge is 2.27. The van der Waals surface area contributed by atoms with Crippen molar-refractivity contribution in [1.82, 2.24) is 14.4 Å². The fraction of sp³-hybridized carbons (Fsp3) is 0.500. The van der Waals surface area contributed by atoms with E-state index in [2.05, 4.69) is 11.8 Å². The number of aliphatic hydroxyl groups excluding tert-OH is 1. The largest absolute Gasteiger partial charge is 0.395 e. The molecule has 124 valence electrons. The molecule has 3 rings (SSSR count). The van der Waals surface area contributed by atoms with E-state index in [0.29, 0.717) is 0 Å². The standard InChI is InChI=1S/C18H25N3O2/c1-3-15(13-22)20-8-10-21(11-9-20)18(23)17-12-14-6-4-5-7-16(14)19(17)2/h4-7,12,15,22H,3,8-11,13H2,1-2H3. The van der Waals surface area contributed by atoms with Gasteiger partial charge in [-0.05, 0) is 18.6 Å². The smallest absolute Gasteiger partial charge is 0.270 e. The fourth-order valence-corrected chi connectivity index (χ4v) is 3.45. The summed E-state index contributed by atoms with van der Waals surface area (Å²) < 4.78 is 1.98. The molecule has 1 aliphatic heterocycles. The number of aryl methyl sites for hydroxylation is 1. The quantitative estimate of drug-likeness (QED) is 0.934. The number of benzene rings is 1. The lowest BCUT2D eigenvalue weighted by Crippen LogP contribution is -2.52. The number of piperazine rings is 1. The van der Waals surface area contributed by atoms with Crippen molar-refractivity contribution in [2.75, 3.05) is 32.8 Å². The van der Waals surface area contributed by atoms with Crippen molar-refractivity contribution >= 4 is 16.8 Å². The number of hydrogen-bond donors (Lipinski definition) is 1. The predicted octanol–water partition coefficient (Wildman–Crippen LogP) is 1.71. The zero-order chi connectivity index (χ0) is 16.4. The molecule has 0 radical (unpaired) electrons. The Balaban J connectivity index is 1.73. The molecular formula is C18H25N3O2. The summed E-state index contributed by atoms with van der Waals surface area (Å²) in [7, 11) is 1.95. The lowest BCUT2D eigenvalue weighted by atomic mass is 10.1. The molecule has 0 saturated carbocycles. The minimum Gasteiger partial charge on any atom is -0.395 e. The Kier molecular flexibility index (Phi) is 4.68. The number of carbonyl (C=O) groups excluding carboxylic acids is 1. The van der Waals surface area contributed by atoms with Crippen molar-refractivity contribution < 1.29 is 9.90 Å². The van der Waals surface area contributed by atoms with Gasteiger partial charge in [-0.25, -0.2) is 0 Å². The second-order valence-corrected chi connectivity index (χ2v) is 6.22. The lowest BCUT2D eigenvalue weighted by Gasteiger charge is -2.38. The summed E-state index contributed by atoms with van der Waals surface area (Å²) in [5, 5.41) is 10.5. The normalized spacial score (nSPS) is 17.6. The fourth-order valence-electron chi connectivity index (χ4n) is 3.45. The molecule has 23 heavy (non-hydrogen) atoms. The average molecular weight is 315 g/mol. The van der Waals surface area contributed by atoms with Gasteiger partial charge in [-0.1, -0.05) is 25.1 Å². The highest BCUT2D eigenvalue weighted by molar-refractivity contribution is 5.98. The van der Waals surface area contributed by atoms with Crippen molar-refractivity contribution in [3.8, 4) is 0 Å². The van der Waals surface area contributed by atoms with Crippen LogP contribution in [0.2, 0.25) is 0 Å². The van der Waals surface area contributed by atoms with Crippen LogP contribution in [0.1, 0.15) is 23.8 Å². The predicted molar refractivity (Wildman–Crippen MR) is 91.6 cm³/mol. The number of nitrogens with zero attached hydrogens (tertiary/aromatic N) is 3. The molecule has 0 bridgehead atoms. The summed E-state index contributed by atoms with van der Waals surface area (Å²) in [6.45, 7) is 5.37. The van der Waals surface area contributed by atoms with Gasteiger partial charge in [-0.3, -0.25) is 9.69 Å². The van der Waals surface area contributed by atoms with Crippen LogP contribution in [0.3, 0.4) is 0 Å². The summed E-state index contributed by atoms with van der Waals surface area (Å²) >= 11 is 0. The third kappa shape index (κ3) is 2.99. The molecule has 1 atom stereocenters. The molecule has 2 aromatic rings. The Labute approximate surface area is 137 Å². The van der Waals surface area contributed by atoms with Crippen molar-refractivity contribution in [3.05, 3.63) is 36.0 Å². The number of rotatable bonds is 4. The van der Waals surface area contributed by atoms with E-state index in [-0.39, 0.29) is 18.6 Å². The van der Waals surface area contributed by atoms with Crippen molar-refractivity contribution in [2.24, 2.45) is 7.05 Å². The van der Waals surface area contributed by atoms with Gasteiger partial charge in [0.1, 0.15) is 5.69 Å². The SMILES string of the molecule is CCC(CO)N1CCN(C(=O)c2cc3ccccc3n2C)CC1. The van der Waals surface area contributed by atoms with E-state index in [1.54, 1.807) is 0 Å². The van der Waals surface area contributed by atoms with Gasteiger partial charge in [0.05, 0.1) is 6.61 Å². The Morgan fingerprint density at radius 1 is 1.22 bits per heavy atom. The molecule has 1 aliphatic rings. The average Bonchev–Trinajstić information content (AvgIpc) is 2.93. The van der Waals surface area contributed by atoms with Crippen LogP contribution in [-0.4, -0.2) is 64.2 Å². The minimum absolute atomic E-state index is 0.0976. The van der Waals surface area contributed by atoms with Gasteiger partial charge in [0.25, 0.3) is 5.91 Å². The third-order valence-corrected chi connectivity index (χ3v) is 4.97. The zero-order valence-electron chi connectivity index (χ0n) is 13.9. The van der Waals surface area contributed by atoms with Crippen LogP contribution in [0, 0.1) is 0 Å². The maximum atomic E-state index is 12.8. The molecule has 1 aromatic heterocycles. The second kappa shape index (κ2) is 6.72. The van der Waals surface area contributed by atoms with Gasteiger partial charge < -0.3 is 14.6 Å². The van der Waals surface area contributed by atoms with Crippen LogP contribution >= 0.6 is 0 Å². The number of fused-ring (bicyclic) bond motifs is 1. The molecule has 1 amide bonds. The van der Waals surface area contributed by atoms with E-state index in [9.17, 15) is 9.90 Å². The summed E-state index contributed by atoms with van der Waals surface area (Å²) in [5.74, 6) is 0.0976. The number of aliphatic hydroxyl groups is 1. The molecule has 5 heteroatoms. The summed E-state index contributed by atoms with van der Waals surface area (Å²) in [5.41, 5.74) is 1.83.